The van der Waals surface area contributed by atoms with Crippen molar-refractivity contribution in [2.75, 3.05) is 13.1 Å². The number of hydrogen-bond donors (Lipinski definition) is 0. The van der Waals surface area contributed by atoms with Crippen LogP contribution in [-0.4, -0.2) is 33.9 Å². The van der Waals surface area contributed by atoms with E-state index in [-0.39, 0.29) is 5.91 Å². The van der Waals surface area contributed by atoms with E-state index in [0.717, 1.165) is 48.4 Å². The van der Waals surface area contributed by atoms with E-state index in [4.69, 9.17) is 0 Å². The highest BCUT2D eigenvalue weighted by Gasteiger charge is 2.25. The van der Waals surface area contributed by atoms with Gasteiger partial charge >= 0.3 is 0 Å². The zero-order chi connectivity index (χ0) is 17.2. The van der Waals surface area contributed by atoms with Crippen LogP contribution >= 0.6 is 11.3 Å². The highest BCUT2D eigenvalue weighted by atomic mass is 32.1. The van der Waals surface area contributed by atoms with Crippen LogP contribution in [0.1, 0.15) is 33.8 Å². The van der Waals surface area contributed by atoms with Crippen LogP contribution in [-0.2, 0) is 6.42 Å². The Kier molecular flexibility index (Phi) is 4.49. The first kappa shape index (κ1) is 16.2. The van der Waals surface area contributed by atoms with E-state index < -0.39 is 0 Å². The number of piperidine rings is 1. The topological polar surface area (TPSA) is 46.1 Å². The molecule has 1 aromatic carbocycles. The molecule has 2 aromatic heterocycles. The molecule has 1 fully saturated rings. The Morgan fingerprint density at radius 1 is 1.20 bits per heavy atom. The highest BCUT2D eigenvalue weighted by molar-refractivity contribution is 7.11. The smallest absolute Gasteiger partial charge is 0.265 e. The van der Waals surface area contributed by atoms with E-state index in [1.807, 2.05) is 24.1 Å². The number of rotatable bonds is 3. The number of aryl methyl sites for hydroxylation is 1. The fourth-order valence-electron chi connectivity index (χ4n) is 3.64. The maximum Gasteiger partial charge on any atom is 0.265 e. The average Bonchev–Trinajstić information content (AvgIpc) is 3.08. The van der Waals surface area contributed by atoms with Gasteiger partial charge in [0.2, 0.25) is 0 Å². The molecular formula is C20H21N3OS. The van der Waals surface area contributed by atoms with Crippen LogP contribution in [0.3, 0.4) is 0 Å². The first-order chi connectivity index (χ1) is 12.2. The predicted molar refractivity (Wildman–Crippen MR) is 101 cm³/mol. The van der Waals surface area contributed by atoms with Crippen LogP contribution in [0.2, 0.25) is 0 Å². The SMILES string of the molecule is Cc1ncsc1C(=O)N1CCC(Cc2ccnc3ccccc23)CC1. The number of hydrogen-bond acceptors (Lipinski definition) is 4. The maximum atomic E-state index is 12.6. The summed E-state index contributed by atoms with van der Waals surface area (Å²) in [6.07, 6.45) is 5.08. The molecule has 0 unspecified atom stereocenters. The molecule has 0 radical (unpaired) electrons. The number of aromatic nitrogens is 2. The fourth-order valence-corrected chi connectivity index (χ4v) is 4.40. The van der Waals surface area contributed by atoms with Crippen molar-refractivity contribution in [3.05, 3.63) is 58.2 Å². The van der Waals surface area contributed by atoms with Gasteiger partial charge in [-0.1, -0.05) is 18.2 Å². The van der Waals surface area contributed by atoms with E-state index in [9.17, 15) is 4.79 Å². The summed E-state index contributed by atoms with van der Waals surface area (Å²) in [7, 11) is 0. The van der Waals surface area contributed by atoms with Gasteiger partial charge < -0.3 is 4.90 Å². The van der Waals surface area contributed by atoms with Crippen molar-refractivity contribution < 1.29 is 4.79 Å². The van der Waals surface area contributed by atoms with Crippen LogP contribution in [0.25, 0.3) is 10.9 Å². The summed E-state index contributed by atoms with van der Waals surface area (Å²) in [5, 5.41) is 1.25. The molecule has 3 aromatic rings. The third-order valence-electron chi connectivity index (χ3n) is 5.09. The molecule has 0 N–H and O–H groups in total. The molecule has 0 atom stereocenters. The van der Waals surface area contributed by atoms with E-state index in [1.54, 1.807) is 5.51 Å². The van der Waals surface area contributed by atoms with Gasteiger partial charge in [0.15, 0.2) is 0 Å². The monoisotopic (exact) mass is 351 g/mol. The largest absolute Gasteiger partial charge is 0.338 e. The second-order valence-corrected chi connectivity index (χ2v) is 7.55. The third-order valence-corrected chi connectivity index (χ3v) is 6.01. The van der Waals surface area contributed by atoms with Crippen molar-refractivity contribution in [1.29, 1.82) is 0 Å². The normalized spacial score (nSPS) is 15.6. The van der Waals surface area contributed by atoms with Gasteiger partial charge in [-0.3, -0.25) is 9.78 Å². The Morgan fingerprint density at radius 3 is 2.76 bits per heavy atom. The molecule has 4 rings (SSSR count). The van der Waals surface area contributed by atoms with E-state index >= 15 is 0 Å². The first-order valence-electron chi connectivity index (χ1n) is 8.74. The lowest BCUT2D eigenvalue weighted by Crippen LogP contribution is -2.38. The zero-order valence-electron chi connectivity index (χ0n) is 14.3. The van der Waals surface area contributed by atoms with Gasteiger partial charge in [-0.05, 0) is 49.8 Å². The van der Waals surface area contributed by atoms with Gasteiger partial charge in [0.05, 0.1) is 16.7 Å². The van der Waals surface area contributed by atoms with Gasteiger partial charge in [0.25, 0.3) is 5.91 Å². The minimum atomic E-state index is 0.146. The number of benzene rings is 1. The number of carbonyl (C=O) groups excluding carboxylic acids is 1. The minimum Gasteiger partial charge on any atom is -0.338 e. The van der Waals surface area contributed by atoms with E-state index in [0.29, 0.717) is 5.92 Å². The molecule has 3 heterocycles. The van der Waals surface area contributed by atoms with Crippen molar-refractivity contribution in [2.45, 2.75) is 26.2 Å². The van der Waals surface area contributed by atoms with Crippen LogP contribution in [0.5, 0.6) is 0 Å². The lowest BCUT2D eigenvalue weighted by molar-refractivity contribution is 0.0694. The summed E-state index contributed by atoms with van der Waals surface area (Å²) in [6.45, 7) is 3.58. The Balaban J connectivity index is 1.42. The number of nitrogens with zero attached hydrogens (tertiary/aromatic N) is 3. The summed E-state index contributed by atoms with van der Waals surface area (Å²) in [4.78, 5) is 24.0. The summed E-state index contributed by atoms with van der Waals surface area (Å²) < 4.78 is 0. The summed E-state index contributed by atoms with van der Waals surface area (Å²) in [6, 6.07) is 10.5. The lowest BCUT2D eigenvalue weighted by Gasteiger charge is -2.32. The molecule has 1 aliphatic heterocycles. The van der Waals surface area contributed by atoms with Gasteiger partial charge in [-0.25, -0.2) is 4.98 Å². The molecular weight excluding hydrogens is 330 g/mol. The Hall–Kier alpha value is -2.27. The van der Waals surface area contributed by atoms with Crippen molar-refractivity contribution in [2.24, 2.45) is 5.92 Å². The molecule has 1 saturated heterocycles. The van der Waals surface area contributed by atoms with Crippen molar-refractivity contribution in [3.63, 3.8) is 0 Å². The lowest BCUT2D eigenvalue weighted by atomic mass is 9.89. The maximum absolute atomic E-state index is 12.6. The number of fused-ring (bicyclic) bond motifs is 1. The number of carbonyl (C=O) groups is 1. The zero-order valence-corrected chi connectivity index (χ0v) is 15.1. The van der Waals surface area contributed by atoms with Gasteiger partial charge in [0, 0.05) is 24.7 Å². The molecule has 4 nitrogen and oxygen atoms in total. The molecule has 1 aliphatic rings. The Morgan fingerprint density at radius 2 is 2.00 bits per heavy atom. The number of para-hydroxylation sites is 1. The number of thiazole rings is 1. The molecule has 0 bridgehead atoms. The van der Waals surface area contributed by atoms with Crippen LogP contribution in [0, 0.1) is 12.8 Å². The predicted octanol–water partition coefficient (Wildman–Crippen LogP) is 4.09. The summed E-state index contributed by atoms with van der Waals surface area (Å²) >= 11 is 1.45. The van der Waals surface area contributed by atoms with Crippen LogP contribution < -0.4 is 0 Å². The van der Waals surface area contributed by atoms with Crippen LogP contribution in [0.15, 0.2) is 42.0 Å². The Bertz CT molecular complexity index is 891. The van der Waals surface area contributed by atoms with Crippen LogP contribution in [0.4, 0.5) is 0 Å². The number of pyridine rings is 1. The molecule has 5 heteroatoms. The van der Waals surface area contributed by atoms with E-state index in [2.05, 4.69) is 34.2 Å². The first-order valence-corrected chi connectivity index (χ1v) is 9.62. The summed E-state index contributed by atoms with van der Waals surface area (Å²) in [5.74, 6) is 0.769. The third kappa shape index (κ3) is 3.29. The molecule has 0 spiro atoms. The Labute approximate surface area is 151 Å². The fraction of sp³-hybridized carbons (Fsp3) is 0.350. The quantitative estimate of drug-likeness (QED) is 0.714. The average molecular weight is 351 g/mol. The molecule has 25 heavy (non-hydrogen) atoms. The molecule has 0 saturated carbocycles. The number of amides is 1. The standard InChI is InChI=1S/C20H21N3OS/c1-14-19(25-13-22-14)20(24)23-10-7-15(8-11-23)12-16-6-9-21-18-5-3-2-4-17(16)18/h2-6,9,13,15H,7-8,10-12H2,1H3. The van der Waals surface area contributed by atoms with Gasteiger partial charge in [-0.15, -0.1) is 11.3 Å². The van der Waals surface area contributed by atoms with Crippen molar-refractivity contribution in [1.82, 2.24) is 14.9 Å². The molecule has 128 valence electrons. The van der Waals surface area contributed by atoms with Gasteiger partial charge in [-0.2, -0.15) is 0 Å². The van der Waals surface area contributed by atoms with Crippen molar-refractivity contribution >= 4 is 28.1 Å². The highest BCUT2D eigenvalue weighted by Crippen LogP contribution is 2.27. The minimum absolute atomic E-state index is 0.146. The second-order valence-electron chi connectivity index (χ2n) is 6.69. The summed E-state index contributed by atoms with van der Waals surface area (Å²) in [5.41, 5.74) is 5.03. The van der Waals surface area contributed by atoms with Crippen molar-refractivity contribution in [3.8, 4) is 0 Å². The molecule has 1 amide bonds. The number of likely N-dealkylation sites (tertiary alicyclic amines) is 1. The van der Waals surface area contributed by atoms with Gasteiger partial charge in [0.1, 0.15) is 4.88 Å². The van der Waals surface area contributed by atoms with E-state index in [1.165, 1.54) is 22.3 Å². The second kappa shape index (κ2) is 6.92. The molecule has 0 aliphatic carbocycles.